The lowest BCUT2D eigenvalue weighted by Crippen LogP contribution is -2.30. The van der Waals surface area contributed by atoms with Gasteiger partial charge in [-0.25, -0.2) is 0 Å². The highest BCUT2D eigenvalue weighted by atomic mass is 16.1. The largest absolute Gasteiger partial charge is 0.301 e. The summed E-state index contributed by atoms with van der Waals surface area (Å²) in [6.45, 7) is 1.46. The molecule has 0 saturated heterocycles. The monoisotopic (exact) mass is 111 g/mol. The van der Waals surface area contributed by atoms with Crippen LogP contribution in [-0.4, -0.2) is 18.9 Å². The number of terminal acetylenes is 1. The third kappa shape index (κ3) is 1.76. The average Bonchev–Trinajstić information content (AvgIpc) is 1.69. The summed E-state index contributed by atoms with van der Waals surface area (Å²) in [7, 11) is 1.66. The summed E-state index contributed by atoms with van der Waals surface area (Å²) in [6, 6.07) is -0.407. The molecule has 0 bridgehead atoms. The van der Waals surface area contributed by atoms with Gasteiger partial charge < -0.3 is 5.32 Å². The number of hydrogen-bond acceptors (Lipinski definition) is 2. The standard InChI is InChI=1S/C6H9NO/c1-4-6(7-3)5(2)8/h1,6-7H,2-3H3. The minimum Gasteiger partial charge on any atom is -0.301 e. The highest BCUT2D eigenvalue weighted by Crippen LogP contribution is 1.78. The number of likely N-dealkylation sites (N-methyl/N-ethyl adjacent to an activating group) is 1. The summed E-state index contributed by atoms with van der Waals surface area (Å²) < 4.78 is 0. The van der Waals surface area contributed by atoms with Crippen molar-refractivity contribution in [2.24, 2.45) is 0 Å². The van der Waals surface area contributed by atoms with Gasteiger partial charge in [0.1, 0.15) is 6.04 Å². The van der Waals surface area contributed by atoms with Gasteiger partial charge >= 0.3 is 0 Å². The number of hydrogen-bond donors (Lipinski definition) is 1. The van der Waals surface area contributed by atoms with Gasteiger partial charge in [-0.05, 0) is 14.0 Å². The molecule has 0 aromatic heterocycles. The Morgan fingerprint density at radius 3 is 2.38 bits per heavy atom. The van der Waals surface area contributed by atoms with Crippen LogP contribution in [0.25, 0.3) is 0 Å². The Labute approximate surface area is 49.3 Å². The van der Waals surface area contributed by atoms with Gasteiger partial charge in [-0.2, -0.15) is 0 Å². The minimum absolute atomic E-state index is 0.0185. The maximum absolute atomic E-state index is 10.4. The van der Waals surface area contributed by atoms with E-state index in [0.717, 1.165) is 0 Å². The van der Waals surface area contributed by atoms with Crippen molar-refractivity contribution in [2.45, 2.75) is 13.0 Å². The molecule has 0 amide bonds. The molecule has 2 heteroatoms. The highest BCUT2D eigenvalue weighted by Gasteiger charge is 2.04. The molecule has 0 aliphatic rings. The van der Waals surface area contributed by atoms with Crippen molar-refractivity contribution in [2.75, 3.05) is 7.05 Å². The van der Waals surface area contributed by atoms with Gasteiger partial charge in [0, 0.05) is 0 Å². The molecule has 44 valence electrons. The number of ketones is 1. The molecule has 0 aliphatic heterocycles. The van der Waals surface area contributed by atoms with Gasteiger partial charge in [-0.3, -0.25) is 4.79 Å². The lowest BCUT2D eigenvalue weighted by Gasteiger charge is -2.00. The molecule has 1 N–H and O–H groups in total. The third-order valence-corrected chi connectivity index (χ3v) is 0.862. The fourth-order valence-electron chi connectivity index (χ4n) is 0.404. The SMILES string of the molecule is C#CC(NC)C(C)=O. The van der Waals surface area contributed by atoms with E-state index >= 15 is 0 Å². The van der Waals surface area contributed by atoms with E-state index in [1.807, 2.05) is 0 Å². The smallest absolute Gasteiger partial charge is 0.158 e. The van der Waals surface area contributed by atoms with Crippen LogP contribution in [0.3, 0.4) is 0 Å². The van der Waals surface area contributed by atoms with Gasteiger partial charge in [-0.1, -0.05) is 5.92 Å². The van der Waals surface area contributed by atoms with Crippen molar-refractivity contribution in [3.63, 3.8) is 0 Å². The zero-order valence-corrected chi connectivity index (χ0v) is 5.06. The average molecular weight is 111 g/mol. The van der Waals surface area contributed by atoms with Crippen LogP contribution in [-0.2, 0) is 4.79 Å². The molecule has 0 heterocycles. The van der Waals surface area contributed by atoms with Gasteiger partial charge in [0.25, 0.3) is 0 Å². The Morgan fingerprint density at radius 2 is 2.38 bits per heavy atom. The zero-order valence-electron chi connectivity index (χ0n) is 5.06. The first kappa shape index (κ1) is 7.19. The highest BCUT2D eigenvalue weighted by molar-refractivity contribution is 5.84. The number of carbonyl (C=O) groups is 1. The molecule has 0 aromatic rings. The van der Waals surface area contributed by atoms with Crippen molar-refractivity contribution in [1.82, 2.24) is 5.32 Å². The van der Waals surface area contributed by atoms with Crippen LogP contribution in [0.1, 0.15) is 6.92 Å². The summed E-state index contributed by atoms with van der Waals surface area (Å²) in [5, 5.41) is 2.67. The first-order valence-electron chi connectivity index (χ1n) is 2.36. The van der Waals surface area contributed by atoms with Crippen molar-refractivity contribution in [3.8, 4) is 12.3 Å². The molecule has 0 spiro atoms. The second kappa shape index (κ2) is 3.23. The second-order valence-electron chi connectivity index (χ2n) is 1.50. The maximum atomic E-state index is 10.4. The Hall–Kier alpha value is -0.810. The van der Waals surface area contributed by atoms with Crippen LogP contribution >= 0.6 is 0 Å². The van der Waals surface area contributed by atoms with Crippen LogP contribution in [0, 0.1) is 12.3 Å². The molecule has 1 atom stereocenters. The fourth-order valence-corrected chi connectivity index (χ4v) is 0.404. The summed E-state index contributed by atoms with van der Waals surface area (Å²) in [6.07, 6.45) is 4.95. The maximum Gasteiger partial charge on any atom is 0.158 e. The van der Waals surface area contributed by atoms with Crippen LogP contribution in [0.2, 0.25) is 0 Å². The van der Waals surface area contributed by atoms with E-state index in [-0.39, 0.29) is 5.78 Å². The Bertz CT molecular complexity index is 123. The van der Waals surface area contributed by atoms with E-state index in [9.17, 15) is 4.79 Å². The number of Topliss-reactive ketones (excluding diaryl/α,β-unsaturated/α-hetero) is 1. The predicted octanol–water partition coefficient (Wildman–Crippen LogP) is -0.203. The van der Waals surface area contributed by atoms with Crippen LogP contribution in [0.4, 0.5) is 0 Å². The molecular weight excluding hydrogens is 102 g/mol. The van der Waals surface area contributed by atoms with Gasteiger partial charge in [-0.15, -0.1) is 6.42 Å². The predicted molar refractivity (Wildman–Crippen MR) is 32.4 cm³/mol. The Balaban J connectivity index is 3.76. The lowest BCUT2D eigenvalue weighted by atomic mass is 10.2. The van der Waals surface area contributed by atoms with E-state index < -0.39 is 6.04 Å². The molecule has 8 heavy (non-hydrogen) atoms. The van der Waals surface area contributed by atoms with Gasteiger partial charge in [0.15, 0.2) is 5.78 Å². The molecule has 0 saturated carbocycles. The molecule has 0 aromatic carbocycles. The zero-order chi connectivity index (χ0) is 6.57. The van der Waals surface area contributed by atoms with Gasteiger partial charge in [0.2, 0.25) is 0 Å². The fraction of sp³-hybridized carbons (Fsp3) is 0.500. The number of rotatable bonds is 2. The molecule has 0 aliphatic carbocycles. The molecule has 0 fully saturated rings. The van der Waals surface area contributed by atoms with Crippen molar-refractivity contribution in [1.29, 1.82) is 0 Å². The number of nitrogens with one attached hydrogen (secondary N) is 1. The van der Waals surface area contributed by atoms with Crippen molar-refractivity contribution < 1.29 is 4.79 Å². The Kier molecular flexibility index (Phi) is 2.90. The van der Waals surface area contributed by atoms with E-state index in [0.29, 0.717) is 0 Å². The first-order chi connectivity index (χ1) is 3.72. The van der Waals surface area contributed by atoms with Crippen molar-refractivity contribution in [3.05, 3.63) is 0 Å². The second-order valence-corrected chi connectivity index (χ2v) is 1.50. The molecular formula is C6H9NO. The summed E-state index contributed by atoms with van der Waals surface area (Å²) in [5.74, 6) is 2.27. The van der Waals surface area contributed by atoms with E-state index in [2.05, 4.69) is 11.2 Å². The molecule has 0 rings (SSSR count). The summed E-state index contributed by atoms with van der Waals surface area (Å²) >= 11 is 0. The Morgan fingerprint density at radius 1 is 1.88 bits per heavy atom. The molecule has 1 unspecified atom stereocenters. The number of carbonyl (C=O) groups excluding carboxylic acids is 1. The first-order valence-corrected chi connectivity index (χ1v) is 2.36. The lowest BCUT2D eigenvalue weighted by molar-refractivity contribution is -0.117. The minimum atomic E-state index is -0.407. The van der Waals surface area contributed by atoms with Crippen molar-refractivity contribution >= 4 is 5.78 Å². The molecule has 2 nitrogen and oxygen atoms in total. The van der Waals surface area contributed by atoms with Crippen LogP contribution in [0.15, 0.2) is 0 Å². The van der Waals surface area contributed by atoms with E-state index in [1.165, 1.54) is 6.92 Å². The van der Waals surface area contributed by atoms with Gasteiger partial charge in [0.05, 0.1) is 0 Å². The summed E-state index contributed by atoms with van der Waals surface area (Å²) in [4.78, 5) is 10.4. The van der Waals surface area contributed by atoms with Crippen LogP contribution < -0.4 is 5.32 Å². The normalized spacial score (nSPS) is 12.1. The summed E-state index contributed by atoms with van der Waals surface area (Å²) in [5.41, 5.74) is 0. The van der Waals surface area contributed by atoms with E-state index in [4.69, 9.17) is 6.42 Å². The third-order valence-electron chi connectivity index (χ3n) is 0.862. The van der Waals surface area contributed by atoms with Crippen LogP contribution in [0.5, 0.6) is 0 Å². The quantitative estimate of drug-likeness (QED) is 0.500. The topological polar surface area (TPSA) is 29.1 Å². The molecule has 0 radical (unpaired) electrons. The van der Waals surface area contributed by atoms with E-state index in [1.54, 1.807) is 7.05 Å².